The molecule has 0 radical (unpaired) electrons. The highest BCUT2D eigenvalue weighted by molar-refractivity contribution is 5.28. The van der Waals surface area contributed by atoms with E-state index in [1.165, 1.54) is 0 Å². The van der Waals surface area contributed by atoms with Gasteiger partial charge in [0.25, 0.3) is 0 Å². The predicted octanol–water partition coefficient (Wildman–Crippen LogP) is 1.89. The fraction of sp³-hybridized carbons (Fsp3) is 0.500. The van der Waals surface area contributed by atoms with Gasteiger partial charge >= 0.3 is 0 Å². The molecule has 0 aliphatic carbocycles. The predicted molar refractivity (Wildman–Crippen MR) is 58.9 cm³/mol. The van der Waals surface area contributed by atoms with Crippen LogP contribution < -0.4 is 4.74 Å². The molecule has 1 rings (SSSR count). The molecule has 3 heteroatoms. The van der Waals surface area contributed by atoms with E-state index in [4.69, 9.17) is 4.74 Å². The molecule has 0 spiro atoms. The van der Waals surface area contributed by atoms with Gasteiger partial charge in [-0.2, -0.15) is 0 Å². The van der Waals surface area contributed by atoms with Crippen molar-refractivity contribution in [2.24, 2.45) is 0 Å². The van der Waals surface area contributed by atoms with Crippen LogP contribution in [0.5, 0.6) is 5.75 Å². The Morgan fingerprint density at radius 1 is 1.27 bits per heavy atom. The molecule has 0 aliphatic heterocycles. The van der Waals surface area contributed by atoms with Crippen molar-refractivity contribution in [2.45, 2.75) is 32.5 Å². The van der Waals surface area contributed by atoms with Gasteiger partial charge in [0.15, 0.2) is 0 Å². The van der Waals surface area contributed by atoms with Gasteiger partial charge in [-0.25, -0.2) is 0 Å². The Labute approximate surface area is 90.3 Å². The van der Waals surface area contributed by atoms with Gasteiger partial charge in [0.2, 0.25) is 0 Å². The van der Waals surface area contributed by atoms with E-state index in [-0.39, 0.29) is 6.61 Å². The largest absolute Gasteiger partial charge is 0.491 e. The van der Waals surface area contributed by atoms with Gasteiger partial charge in [-0.15, -0.1) is 0 Å². The van der Waals surface area contributed by atoms with Crippen LogP contribution in [0.3, 0.4) is 0 Å². The lowest BCUT2D eigenvalue weighted by atomic mass is 10.1. The average Bonchev–Trinajstić information content (AvgIpc) is 2.14. The van der Waals surface area contributed by atoms with Gasteiger partial charge in [0, 0.05) is 0 Å². The van der Waals surface area contributed by atoms with E-state index in [1.807, 2.05) is 12.1 Å². The van der Waals surface area contributed by atoms with Crippen LogP contribution in [0, 0.1) is 0 Å². The fourth-order valence-electron chi connectivity index (χ4n) is 1.10. The van der Waals surface area contributed by atoms with Crippen molar-refractivity contribution in [1.29, 1.82) is 0 Å². The number of ether oxygens (including phenoxy) is 1. The third-order valence-electron chi connectivity index (χ3n) is 1.95. The second-order valence-corrected chi connectivity index (χ2v) is 4.35. The second kappa shape index (κ2) is 4.64. The van der Waals surface area contributed by atoms with Gasteiger partial charge in [0.1, 0.15) is 12.4 Å². The van der Waals surface area contributed by atoms with Crippen LogP contribution in [0.2, 0.25) is 0 Å². The van der Waals surface area contributed by atoms with Crippen molar-refractivity contribution < 1.29 is 14.9 Å². The van der Waals surface area contributed by atoms with E-state index in [0.29, 0.717) is 5.75 Å². The Morgan fingerprint density at radius 3 is 2.20 bits per heavy atom. The molecule has 0 aromatic heterocycles. The minimum absolute atomic E-state index is 0.251. The van der Waals surface area contributed by atoms with Gasteiger partial charge in [-0.3, -0.25) is 0 Å². The summed E-state index contributed by atoms with van der Waals surface area (Å²) in [6.07, 6.45) is -0.465. The number of aliphatic hydroxyl groups is 2. The van der Waals surface area contributed by atoms with Crippen LogP contribution in [0.15, 0.2) is 24.3 Å². The van der Waals surface area contributed by atoms with Crippen molar-refractivity contribution in [3.8, 4) is 5.75 Å². The fourth-order valence-corrected chi connectivity index (χ4v) is 1.10. The molecule has 1 aromatic rings. The summed E-state index contributed by atoms with van der Waals surface area (Å²) in [5.74, 6) is 0.696. The lowest BCUT2D eigenvalue weighted by Gasteiger charge is -2.18. The lowest BCUT2D eigenvalue weighted by Crippen LogP contribution is -2.27. The van der Waals surface area contributed by atoms with Gasteiger partial charge in [0.05, 0.1) is 11.7 Å². The van der Waals surface area contributed by atoms with Crippen molar-refractivity contribution in [2.75, 3.05) is 6.61 Å². The second-order valence-electron chi connectivity index (χ2n) is 4.35. The Hall–Kier alpha value is -1.06. The van der Waals surface area contributed by atoms with Crippen LogP contribution in [0.4, 0.5) is 0 Å². The summed E-state index contributed by atoms with van der Waals surface area (Å²) in [5, 5.41) is 18.7. The Morgan fingerprint density at radius 2 is 1.80 bits per heavy atom. The molecule has 15 heavy (non-hydrogen) atoms. The summed E-state index contributed by atoms with van der Waals surface area (Å²) in [7, 11) is 0. The highest BCUT2D eigenvalue weighted by atomic mass is 16.5. The summed E-state index contributed by atoms with van der Waals surface area (Å²) >= 11 is 0. The molecule has 0 saturated carbocycles. The first-order valence-corrected chi connectivity index (χ1v) is 5.02. The maximum absolute atomic E-state index is 9.46. The molecular weight excluding hydrogens is 192 g/mol. The molecule has 0 saturated heterocycles. The molecule has 0 aliphatic rings. The van der Waals surface area contributed by atoms with Crippen LogP contribution >= 0.6 is 0 Å². The lowest BCUT2D eigenvalue weighted by molar-refractivity contribution is 0.0284. The summed E-state index contributed by atoms with van der Waals surface area (Å²) in [6.45, 7) is 5.35. The molecule has 84 valence electrons. The first-order valence-electron chi connectivity index (χ1n) is 5.02. The minimum atomic E-state index is -0.830. The first kappa shape index (κ1) is 12.0. The van der Waals surface area contributed by atoms with E-state index in [2.05, 4.69) is 0 Å². The Bertz CT molecular complexity index is 296. The smallest absolute Gasteiger partial charge is 0.119 e. The van der Waals surface area contributed by atoms with E-state index in [9.17, 15) is 10.2 Å². The third-order valence-corrected chi connectivity index (χ3v) is 1.95. The first-order chi connectivity index (χ1) is 6.88. The molecule has 0 amide bonds. The van der Waals surface area contributed by atoms with Gasteiger partial charge < -0.3 is 14.9 Å². The normalized spacial score (nSPS) is 13.7. The third kappa shape index (κ3) is 4.32. The Kier molecular flexibility index (Phi) is 3.72. The molecule has 1 atom stereocenters. The molecule has 0 fully saturated rings. The minimum Gasteiger partial charge on any atom is -0.491 e. The van der Waals surface area contributed by atoms with Crippen molar-refractivity contribution >= 4 is 0 Å². The van der Waals surface area contributed by atoms with Crippen LogP contribution in [-0.4, -0.2) is 22.4 Å². The number of benzene rings is 1. The SMILES string of the molecule is C[C@@H](O)c1ccc(OCC(C)(C)O)cc1. The molecule has 1 aromatic carbocycles. The van der Waals surface area contributed by atoms with Gasteiger partial charge in [-0.1, -0.05) is 12.1 Å². The maximum Gasteiger partial charge on any atom is 0.119 e. The molecule has 0 bridgehead atoms. The molecule has 0 unspecified atom stereocenters. The number of aliphatic hydroxyl groups excluding tert-OH is 1. The monoisotopic (exact) mass is 210 g/mol. The van der Waals surface area contributed by atoms with Crippen molar-refractivity contribution in [1.82, 2.24) is 0 Å². The highest BCUT2D eigenvalue weighted by Gasteiger charge is 2.13. The zero-order chi connectivity index (χ0) is 11.5. The molecule has 0 heterocycles. The zero-order valence-corrected chi connectivity index (χ0v) is 9.40. The number of hydrogen-bond acceptors (Lipinski definition) is 3. The van der Waals surface area contributed by atoms with E-state index in [0.717, 1.165) is 5.56 Å². The van der Waals surface area contributed by atoms with Crippen molar-refractivity contribution in [3.05, 3.63) is 29.8 Å². The zero-order valence-electron chi connectivity index (χ0n) is 9.40. The standard InChI is InChI=1S/C12H18O3/c1-9(13)10-4-6-11(7-5-10)15-8-12(2,3)14/h4-7,9,13-14H,8H2,1-3H3/t9-/m1/s1. The maximum atomic E-state index is 9.46. The van der Waals surface area contributed by atoms with E-state index < -0.39 is 11.7 Å². The van der Waals surface area contributed by atoms with Crippen LogP contribution in [0.1, 0.15) is 32.4 Å². The molecule has 2 N–H and O–H groups in total. The average molecular weight is 210 g/mol. The van der Waals surface area contributed by atoms with E-state index >= 15 is 0 Å². The Balaban J connectivity index is 2.57. The quantitative estimate of drug-likeness (QED) is 0.797. The summed E-state index contributed by atoms with van der Waals surface area (Å²) in [6, 6.07) is 7.19. The number of hydrogen-bond donors (Lipinski definition) is 2. The molecular formula is C12H18O3. The topological polar surface area (TPSA) is 49.7 Å². The summed E-state index contributed by atoms with van der Waals surface area (Å²) in [5.41, 5.74) is 0.0220. The summed E-state index contributed by atoms with van der Waals surface area (Å²) in [4.78, 5) is 0. The highest BCUT2D eigenvalue weighted by Crippen LogP contribution is 2.18. The molecule has 3 nitrogen and oxygen atoms in total. The van der Waals surface area contributed by atoms with Crippen LogP contribution in [0.25, 0.3) is 0 Å². The van der Waals surface area contributed by atoms with Crippen molar-refractivity contribution in [3.63, 3.8) is 0 Å². The van der Waals surface area contributed by atoms with Gasteiger partial charge in [-0.05, 0) is 38.5 Å². The van der Waals surface area contributed by atoms with Crippen LogP contribution in [-0.2, 0) is 0 Å². The number of rotatable bonds is 4. The van der Waals surface area contributed by atoms with E-state index in [1.54, 1.807) is 32.9 Å². The summed E-state index contributed by atoms with van der Waals surface area (Å²) < 4.78 is 5.37.